The molecule has 9 heteroatoms. The van der Waals surface area contributed by atoms with E-state index in [1.165, 1.54) is 0 Å². The third kappa shape index (κ3) is 9.74. The molecule has 6 N–H and O–H groups in total. The van der Waals surface area contributed by atoms with E-state index in [1.54, 1.807) is 35.8 Å². The van der Waals surface area contributed by atoms with E-state index in [9.17, 15) is 19.5 Å². The van der Waals surface area contributed by atoms with Gasteiger partial charge in [-0.3, -0.25) is 14.8 Å². The second kappa shape index (κ2) is 14.3. The van der Waals surface area contributed by atoms with Crippen molar-refractivity contribution >= 4 is 23.5 Å². The van der Waals surface area contributed by atoms with Gasteiger partial charge < -0.3 is 21.1 Å². The van der Waals surface area contributed by atoms with Crippen molar-refractivity contribution in [1.29, 1.82) is 0 Å². The summed E-state index contributed by atoms with van der Waals surface area (Å²) >= 11 is 0. The van der Waals surface area contributed by atoms with Crippen molar-refractivity contribution in [3.8, 4) is 0 Å². The number of aliphatic carboxylic acids is 1. The van der Waals surface area contributed by atoms with Gasteiger partial charge in [-0.2, -0.15) is 0 Å². The van der Waals surface area contributed by atoms with Crippen LogP contribution in [-0.4, -0.2) is 28.1 Å². The lowest BCUT2D eigenvalue weighted by Crippen LogP contribution is -2.33. The normalized spacial score (nSPS) is 11.2. The first-order valence-electron chi connectivity index (χ1n) is 11.2. The van der Waals surface area contributed by atoms with E-state index in [1.807, 2.05) is 24.3 Å². The van der Waals surface area contributed by atoms with Crippen LogP contribution >= 0.6 is 0 Å². The van der Waals surface area contributed by atoms with Gasteiger partial charge in [0.1, 0.15) is 0 Å². The molecule has 2 aromatic carbocycles. The van der Waals surface area contributed by atoms with E-state index < -0.39 is 17.9 Å². The van der Waals surface area contributed by atoms with Crippen LogP contribution in [0.15, 0.2) is 67.0 Å². The Morgan fingerprint density at radius 1 is 0.882 bits per heavy atom. The van der Waals surface area contributed by atoms with E-state index in [-0.39, 0.29) is 12.3 Å². The van der Waals surface area contributed by atoms with Crippen LogP contribution in [0.4, 0.5) is 5.69 Å². The first kappa shape index (κ1) is 26.4. The molecule has 0 saturated heterocycles. The third-order valence-electron chi connectivity index (χ3n) is 5.10. The zero-order chi connectivity index (χ0) is 24.8. The second-order valence-corrected chi connectivity index (χ2v) is 7.86. The first-order chi connectivity index (χ1) is 16.4. The zero-order valence-electron chi connectivity index (χ0n) is 19.0. The highest BCUT2D eigenvalue weighted by Gasteiger charge is 2.19. The van der Waals surface area contributed by atoms with Gasteiger partial charge in [0, 0.05) is 25.1 Å². The van der Waals surface area contributed by atoms with Crippen LogP contribution in [0, 0.1) is 0 Å². The Balaban J connectivity index is 1.75. The quantitative estimate of drug-likeness (QED) is 0.134. The molecule has 34 heavy (non-hydrogen) atoms. The minimum atomic E-state index is -1.01. The molecule has 0 aliphatic carbocycles. The maximum absolute atomic E-state index is 12.2. The molecule has 0 aromatic heterocycles. The number of hydrogen-bond donors (Lipinski definition) is 6. The molecule has 1 atom stereocenters. The van der Waals surface area contributed by atoms with Crippen LogP contribution < -0.4 is 21.4 Å². The third-order valence-corrected chi connectivity index (χ3v) is 5.10. The van der Waals surface area contributed by atoms with Gasteiger partial charge in [-0.25, -0.2) is 10.3 Å². The van der Waals surface area contributed by atoms with E-state index >= 15 is 0 Å². The highest BCUT2D eigenvalue weighted by Crippen LogP contribution is 2.15. The van der Waals surface area contributed by atoms with Crippen LogP contribution in [0.25, 0.3) is 0 Å². The fraction of sp³-hybridized carbons (Fsp3) is 0.320. The Labute approximate surface area is 199 Å². The lowest BCUT2D eigenvalue weighted by molar-refractivity contribution is -0.139. The van der Waals surface area contributed by atoms with Gasteiger partial charge in [-0.1, -0.05) is 61.9 Å². The van der Waals surface area contributed by atoms with Gasteiger partial charge in [0.05, 0.1) is 5.82 Å². The highest BCUT2D eigenvalue weighted by molar-refractivity contribution is 5.90. The molecule has 0 aliphatic heterocycles. The molecule has 182 valence electrons. The van der Waals surface area contributed by atoms with Gasteiger partial charge in [0.2, 0.25) is 11.8 Å². The van der Waals surface area contributed by atoms with Gasteiger partial charge in [0.15, 0.2) is 6.04 Å². The maximum Gasteiger partial charge on any atom is 0.330 e. The predicted molar refractivity (Wildman–Crippen MR) is 129 cm³/mol. The number of hydroxylamine groups is 1. The lowest BCUT2D eigenvalue weighted by atomic mass is 10.1. The van der Waals surface area contributed by atoms with Gasteiger partial charge in [-0.05, 0) is 36.1 Å². The maximum atomic E-state index is 12.2. The number of rotatable bonds is 15. The average Bonchev–Trinajstić information content (AvgIpc) is 2.83. The van der Waals surface area contributed by atoms with Gasteiger partial charge in [-0.15, -0.1) is 0 Å². The molecule has 0 saturated carbocycles. The van der Waals surface area contributed by atoms with Crippen LogP contribution in [-0.2, 0) is 20.9 Å². The smallest absolute Gasteiger partial charge is 0.330 e. The summed E-state index contributed by atoms with van der Waals surface area (Å²) in [5.74, 6) is -1.11. The van der Waals surface area contributed by atoms with Crippen molar-refractivity contribution in [2.75, 3.05) is 5.32 Å². The molecule has 0 radical (unpaired) electrons. The molecule has 0 spiro atoms. The monoisotopic (exact) mass is 468 g/mol. The average molecular weight is 469 g/mol. The fourth-order valence-electron chi connectivity index (χ4n) is 3.33. The topological polar surface area (TPSA) is 140 Å². The number of benzene rings is 2. The molecule has 0 bridgehead atoms. The fourth-order valence-corrected chi connectivity index (χ4v) is 3.33. The number of carbonyl (C=O) groups is 3. The Kier molecular flexibility index (Phi) is 11.1. The number of carboxylic acid groups (broad SMARTS) is 1. The second-order valence-electron chi connectivity index (χ2n) is 7.86. The number of carboxylic acids is 1. The number of anilines is 1. The number of carbonyl (C=O) groups excluding carboxylic acids is 2. The van der Waals surface area contributed by atoms with Crippen LogP contribution in [0.1, 0.15) is 55.7 Å². The van der Waals surface area contributed by atoms with Gasteiger partial charge >= 0.3 is 5.97 Å². The van der Waals surface area contributed by atoms with Crippen molar-refractivity contribution < 1.29 is 24.7 Å². The summed E-state index contributed by atoms with van der Waals surface area (Å²) in [4.78, 5) is 34.8. The van der Waals surface area contributed by atoms with Crippen molar-refractivity contribution in [1.82, 2.24) is 16.1 Å². The Bertz CT molecular complexity index is 965. The van der Waals surface area contributed by atoms with Crippen LogP contribution in [0.2, 0.25) is 0 Å². The predicted octanol–water partition coefficient (Wildman–Crippen LogP) is 3.45. The molecular formula is C25H32N4O5. The Hall–Kier alpha value is -3.85. The van der Waals surface area contributed by atoms with Crippen LogP contribution in [0.3, 0.4) is 0 Å². The molecule has 0 aliphatic rings. The summed E-state index contributed by atoms with van der Waals surface area (Å²) < 4.78 is 0. The first-order valence-corrected chi connectivity index (χ1v) is 11.2. The SMILES string of the molecule is C=C(NCc1cccc(NC(=O)CCCCCCC(=O)NO)c1)N[C@H](C(=O)O)c1ccccc1. The Morgan fingerprint density at radius 3 is 2.21 bits per heavy atom. The molecule has 2 aromatic rings. The molecule has 2 amide bonds. The van der Waals surface area contributed by atoms with E-state index in [4.69, 9.17) is 5.21 Å². The van der Waals surface area contributed by atoms with E-state index in [0.717, 1.165) is 18.4 Å². The van der Waals surface area contributed by atoms with Crippen molar-refractivity contribution in [3.05, 3.63) is 78.1 Å². The zero-order valence-corrected chi connectivity index (χ0v) is 19.0. The molecule has 0 heterocycles. The molecular weight excluding hydrogens is 436 g/mol. The lowest BCUT2D eigenvalue weighted by Gasteiger charge is -2.19. The molecule has 9 nitrogen and oxygen atoms in total. The number of unbranched alkanes of at least 4 members (excludes halogenated alkanes) is 3. The summed E-state index contributed by atoms with van der Waals surface area (Å²) in [6.07, 6.45) is 3.67. The van der Waals surface area contributed by atoms with Crippen molar-refractivity contribution in [2.45, 2.75) is 51.1 Å². The van der Waals surface area contributed by atoms with E-state index in [2.05, 4.69) is 22.5 Å². The molecule has 2 rings (SSSR count). The van der Waals surface area contributed by atoms with Crippen molar-refractivity contribution in [2.24, 2.45) is 0 Å². The summed E-state index contributed by atoms with van der Waals surface area (Å²) in [6, 6.07) is 15.3. The molecule has 0 unspecified atom stereocenters. The number of nitrogens with one attached hydrogen (secondary N) is 4. The Morgan fingerprint density at radius 2 is 1.56 bits per heavy atom. The number of amides is 2. The summed E-state index contributed by atoms with van der Waals surface area (Å²) in [5.41, 5.74) is 3.80. The summed E-state index contributed by atoms with van der Waals surface area (Å²) in [5, 5.41) is 26.8. The molecule has 0 fully saturated rings. The minimum absolute atomic E-state index is 0.0866. The van der Waals surface area contributed by atoms with Gasteiger partial charge in [0.25, 0.3) is 0 Å². The van der Waals surface area contributed by atoms with E-state index in [0.29, 0.717) is 42.9 Å². The summed E-state index contributed by atoms with van der Waals surface area (Å²) in [6.45, 7) is 4.27. The largest absolute Gasteiger partial charge is 0.479 e. The standard InChI is InChI=1S/C25H32N4O5/c1-18(27-24(25(32)33)20-11-5-4-6-12-20)26-17-19-10-9-13-21(16-19)28-22(30)14-7-2-3-8-15-23(31)29-34/h4-6,9-13,16,24,26-27,34H,1-3,7-8,14-15,17H2,(H,28,30)(H,29,31)(H,32,33)/t24-/m0/s1. The highest BCUT2D eigenvalue weighted by atomic mass is 16.5. The summed E-state index contributed by atoms with van der Waals surface area (Å²) in [7, 11) is 0. The number of hydrogen-bond acceptors (Lipinski definition) is 6. The van der Waals surface area contributed by atoms with Crippen molar-refractivity contribution in [3.63, 3.8) is 0 Å². The van der Waals surface area contributed by atoms with Crippen LogP contribution in [0.5, 0.6) is 0 Å². The minimum Gasteiger partial charge on any atom is -0.479 e.